The summed E-state index contributed by atoms with van der Waals surface area (Å²) in [6.07, 6.45) is 0. The molecule has 0 saturated heterocycles. The van der Waals surface area contributed by atoms with Gasteiger partial charge in [-0.1, -0.05) is 231 Å². The van der Waals surface area contributed by atoms with Crippen molar-refractivity contribution in [1.29, 1.82) is 0 Å². The third kappa shape index (κ3) is 5.68. The molecule has 0 aromatic heterocycles. The lowest BCUT2D eigenvalue weighted by Gasteiger charge is -2.45. The molecule has 0 nitrogen and oxygen atoms in total. The van der Waals surface area contributed by atoms with Gasteiger partial charge < -0.3 is 0 Å². The van der Waals surface area contributed by atoms with Gasteiger partial charge in [-0.25, -0.2) is 0 Å². The van der Waals surface area contributed by atoms with Crippen molar-refractivity contribution in [3.63, 3.8) is 0 Å². The van der Waals surface area contributed by atoms with Gasteiger partial charge in [0.25, 0.3) is 0 Å². The Hall–Kier alpha value is -7.02. The van der Waals surface area contributed by atoms with Crippen molar-refractivity contribution in [3.05, 3.63) is 292 Å². The summed E-state index contributed by atoms with van der Waals surface area (Å²) in [7, 11) is 0. The van der Waals surface area contributed by atoms with Gasteiger partial charge in [-0.2, -0.15) is 0 Å². The van der Waals surface area contributed by atoms with Crippen LogP contribution in [0.4, 0.5) is 0 Å². The molecular formula is C57H42. The molecule has 1 atom stereocenters. The van der Waals surface area contributed by atoms with Gasteiger partial charge in [0.05, 0.1) is 5.41 Å². The first-order chi connectivity index (χ1) is 28.2. The van der Waals surface area contributed by atoms with Crippen LogP contribution < -0.4 is 0 Å². The van der Waals surface area contributed by atoms with Crippen LogP contribution in [-0.2, 0) is 5.41 Å². The second-order valence-electron chi connectivity index (χ2n) is 15.1. The van der Waals surface area contributed by atoms with E-state index in [1.165, 1.54) is 89.1 Å². The first-order valence-corrected chi connectivity index (χ1v) is 20.0. The van der Waals surface area contributed by atoms with E-state index in [1.54, 1.807) is 0 Å². The number of hydrogen-bond acceptors (Lipinski definition) is 0. The van der Waals surface area contributed by atoms with E-state index in [4.69, 9.17) is 0 Å². The fourth-order valence-corrected chi connectivity index (χ4v) is 9.73. The quantitative estimate of drug-likeness (QED) is 0.153. The Morgan fingerprint density at radius 1 is 0.386 bits per heavy atom. The lowest BCUT2D eigenvalue weighted by Crippen LogP contribution is -2.37. The lowest BCUT2D eigenvalue weighted by molar-refractivity contribution is 0.707. The molecule has 0 radical (unpaired) electrons. The summed E-state index contributed by atoms with van der Waals surface area (Å²) in [6, 6.07) is 85.1. The molecule has 0 N–H and O–H groups in total. The largest absolute Gasteiger partial charge is 0.0716 e. The molecule has 0 bridgehead atoms. The Balaban J connectivity index is 1.49. The summed E-state index contributed by atoms with van der Waals surface area (Å²) in [6.45, 7) is 2.46. The lowest BCUT2D eigenvalue weighted by atomic mass is 9.56. The van der Waals surface area contributed by atoms with Gasteiger partial charge in [-0.05, 0) is 95.1 Å². The average Bonchev–Trinajstić information content (AvgIpc) is 3.59. The standard InChI is InChI=1S/C57H42/c1-40-51(53(42-25-11-3-12-26-42)43-27-13-4-14-28-43)55(45-31-17-6-18-32-45)56-52(40)54(44-29-15-5-16-30-44)49-38-37-46(41-23-9-2-10-24-41)39-50(49)57(56,47-33-19-7-20-34-47)48-35-21-8-22-36-48/h2-40H,1H3. The minimum absolute atomic E-state index is 0.0366. The van der Waals surface area contributed by atoms with Gasteiger partial charge in [0, 0.05) is 5.92 Å². The van der Waals surface area contributed by atoms with E-state index < -0.39 is 5.41 Å². The van der Waals surface area contributed by atoms with E-state index in [-0.39, 0.29) is 5.92 Å². The highest BCUT2D eigenvalue weighted by Crippen LogP contribution is 2.65. The first kappa shape index (κ1) is 34.5. The predicted octanol–water partition coefficient (Wildman–Crippen LogP) is 14.1. The van der Waals surface area contributed by atoms with Crippen molar-refractivity contribution in [2.24, 2.45) is 5.92 Å². The topological polar surface area (TPSA) is 0 Å². The number of allylic oxidation sites excluding steroid dienone is 4. The smallest absolute Gasteiger partial charge is 0.0622 e. The highest BCUT2D eigenvalue weighted by Gasteiger charge is 2.53. The molecule has 8 aromatic carbocycles. The zero-order valence-corrected chi connectivity index (χ0v) is 32.0. The molecular weight excluding hydrogens is 685 g/mol. The van der Waals surface area contributed by atoms with Crippen molar-refractivity contribution in [2.45, 2.75) is 12.3 Å². The molecule has 270 valence electrons. The first-order valence-electron chi connectivity index (χ1n) is 20.0. The molecule has 2 aliphatic rings. The summed E-state index contributed by atoms with van der Waals surface area (Å²) in [5, 5.41) is 0. The maximum absolute atomic E-state index is 2.50. The molecule has 0 fully saturated rings. The van der Waals surface area contributed by atoms with Gasteiger partial charge in [0.1, 0.15) is 0 Å². The molecule has 0 amide bonds. The van der Waals surface area contributed by atoms with Crippen molar-refractivity contribution in [3.8, 4) is 11.1 Å². The van der Waals surface area contributed by atoms with E-state index in [0.29, 0.717) is 0 Å². The number of benzene rings is 8. The minimum Gasteiger partial charge on any atom is -0.0622 e. The summed E-state index contributed by atoms with van der Waals surface area (Å²) in [5.74, 6) is 0.0366. The SMILES string of the molecule is CC1C(=C(c2ccccc2)c2ccccc2)C(c2ccccc2)=C2C1=C(c1ccccc1)c1ccc(-c3ccccc3)cc1C2(c1ccccc1)c1ccccc1. The Morgan fingerprint density at radius 2 is 0.789 bits per heavy atom. The van der Waals surface area contributed by atoms with Gasteiger partial charge in [0.15, 0.2) is 0 Å². The number of rotatable bonds is 7. The van der Waals surface area contributed by atoms with Gasteiger partial charge in [-0.15, -0.1) is 0 Å². The highest BCUT2D eigenvalue weighted by molar-refractivity contribution is 6.08. The Kier molecular flexibility index (Phi) is 8.81. The molecule has 0 spiro atoms. The highest BCUT2D eigenvalue weighted by atomic mass is 14.5. The fourth-order valence-electron chi connectivity index (χ4n) is 9.73. The number of hydrogen-bond donors (Lipinski definition) is 0. The van der Waals surface area contributed by atoms with Gasteiger partial charge >= 0.3 is 0 Å². The third-order valence-corrected chi connectivity index (χ3v) is 12.0. The van der Waals surface area contributed by atoms with E-state index >= 15 is 0 Å². The summed E-state index contributed by atoms with van der Waals surface area (Å²) < 4.78 is 0. The summed E-state index contributed by atoms with van der Waals surface area (Å²) in [4.78, 5) is 0. The molecule has 57 heavy (non-hydrogen) atoms. The zero-order valence-electron chi connectivity index (χ0n) is 32.0. The zero-order chi connectivity index (χ0) is 38.2. The van der Waals surface area contributed by atoms with E-state index in [0.717, 1.165) is 0 Å². The van der Waals surface area contributed by atoms with Gasteiger partial charge in [-0.3, -0.25) is 0 Å². The van der Waals surface area contributed by atoms with Crippen LogP contribution >= 0.6 is 0 Å². The second kappa shape index (κ2) is 14.6. The van der Waals surface area contributed by atoms with Crippen LogP contribution in [-0.4, -0.2) is 0 Å². The fraction of sp³-hybridized carbons (Fsp3) is 0.0526. The minimum atomic E-state index is -0.671. The summed E-state index contributed by atoms with van der Waals surface area (Å²) >= 11 is 0. The van der Waals surface area contributed by atoms with E-state index in [2.05, 4.69) is 237 Å². The molecule has 2 aliphatic carbocycles. The normalized spacial score (nSPS) is 15.6. The van der Waals surface area contributed by atoms with Crippen LogP contribution in [0.15, 0.2) is 247 Å². The summed E-state index contributed by atoms with van der Waals surface area (Å²) in [5.41, 5.74) is 19.7. The molecule has 10 rings (SSSR count). The van der Waals surface area contributed by atoms with Crippen molar-refractivity contribution >= 4 is 16.7 Å². The van der Waals surface area contributed by atoms with Crippen LogP contribution in [0.3, 0.4) is 0 Å². The maximum Gasteiger partial charge on any atom is 0.0716 e. The van der Waals surface area contributed by atoms with Crippen molar-refractivity contribution in [1.82, 2.24) is 0 Å². The molecule has 0 heterocycles. The Bertz CT molecular complexity index is 2700. The molecule has 0 heteroatoms. The number of fused-ring (bicyclic) bond motifs is 2. The molecule has 0 aliphatic heterocycles. The van der Waals surface area contributed by atoms with Crippen LogP contribution in [0.2, 0.25) is 0 Å². The van der Waals surface area contributed by atoms with E-state index in [9.17, 15) is 0 Å². The van der Waals surface area contributed by atoms with Crippen LogP contribution in [0.5, 0.6) is 0 Å². The Labute approximate surface area is 336 Å². The monoisotopic (exact) mass is 726 g/mol. The third-order valence-electron chi connectivity index (χ3n) is 12.0. The average molecular weight is 727 g/mol. The van der Waals surface area contributed by atoms with Crippen LogP contribution in [0.25, 0.3) is 27.8 Å². The van der Waals surface area contributed by atoms with E-state index in [1.807, 2.05) is 0 Å². The van der Waals surface area contributed by atoms with Crippen molar-refractivity contribution < 1.29 is 0 Å². The molecule has 0 saturated carbocycles. The maximum atomic E-state index is 2.50. The predicted molar refractivity (Wildman–Crippen MR) is 239 cm³/mol. The second-order valence-corrected chi connectivity index (χ2v) is 15.1. The van der Waals surface area contributed by atoms with Crippen LogP contribution in [0, 0.1) is 5.92 Å². The molecule has 1 unspecified atom stereocenters. The van der Waals surface area contributed by atoms with Gasteiger partial charge in [0.2, 0.25) is 0 Å². The van der Waals surface area contributed by atoms with Crippen molar-refractivity contribution in [2.75, 3.05) is 0 Å². The molecule has 8 aromatic rings. The Morgan fingerprint density at radius 3 is 1.26 bits per heavy atom. The van der Waals surface area contributed by atoms with Crippen LogP contribution in [0.1, 0.15) is 51.4 Å².